The van der Waals surface area contributed by atoms with Crippen LogP contribution in [0, 0.1) is 0 Å². The van der Waals surface area contributed by atoms with Crippen molar-refractivity contribution in [3.63, 3.8) is 0 Å². The van der Waals surface area contributed by atoms with Crippen molar-refractivity contribution in [3.8, 4) is 0 Å². The number of carbonyl (C=O) groups is 2. The van der Waals surface area contributed by atoms with Gasteiger partial charge in [-0.15, -0.1) is 0 Å². The average Bonchev–Trinajstić information content (AvgIpc) is 2.65. The van der Waals surface area contributed by atoms with Gasteiger partial charge in [0, 0.05) is 52.1 Å². The Hall–Kier alpha value is -1.14. The van der Waals surface area contributed by atoms with Crippen molar-refractivity contribution in [2.24, 2.45) is 0 Å². The molecule has 0 spiro atoms. The number of hydrogen-bond donors (Lipinski definition) is 1. The second kappa shape index (κ2) is 6.86. The summed E-state index contributed by atoms with van der Waals surface area (Å²) in [6, 6.07) is 0.133. The van der Waals surface area contributed by atoms with Crippen molar-refractivity contribution in [2.45, 2.75) is 25.8 Å². The largest absolute Gasteiger partial charge is 0.378 e. The van der Waals surface area contributed by atoms with Crippen LogP contribution < -0.4 is 5.32 Å². The van der Waals surface area contributed by atoms with E-state index in [1.807, 2.05) is 9.80 Å². The van der Waals surface area contributed by atoms with Gasteiger partial charge in [-0.1, -0.05) is 0 Å². The zero-order valence-electron chi connectivity index (χ0n) is 11.6. The molecule has 0 aromatic rings. The van der Waals surface area contributed by atoms with Gasteiger partial charge in [0.25, 0.3) is 0 Å². The third-order valence-electron chi connectivity index (χ3n) is 3.71. The third kappa shape index (κ3) is 4.18. The van der Waals surface area contributed by atoms with Gasteiger partial charge < -0.3 is 19.9 Å². The smallest absolute Gasteiger partial charge is 0.224 e. The van der Waals surface area contributed by atoms with Crippen LogP contribution in [0.3, 0.4) is 0 Å². The van der Waals surface area contributed by atoms with Crippen molar-refractivity contribution in [3.05, 3.63) is 0 Å². The first kappa shape index (κ1) is 14.3. The van der Waals surface area contributed by atoms with E-state index < -0.39 is 0 Å². The van der Waals surface area contributed by atoms with E-state index in [-0.39, 0.29) is 17.9 Å². The lowest BCUT2D eigenvalue weighted by molar-refractivity contribution is -0.133. The van der Waals surface area contributed by atoms with E-state index >= 15 is 0 Å². The molecule has 0 bridgehead atoms. The first-order chi connectivity index (χ1) is 9.16. The van der Waals surface area contributed by atoms with Crippen LogP contribution in [0.15, 0.2) is 0 Å². The molecule has 0 aromatic carbocycles. The van der Waals surface area contributed by atoms with Gasteiger partial charge in [-0.2, -0.15) is 0 Å². The molecule has 0 saturated carbocycles. The highest BCUT2D eigenvalue weighted by molar-refractivity contribution is 5.77. The summed E-state index contributed by atoms with van der Waals surface area (Å²) >= 11 is 0. The highest BCUT2D eigenvalue weighted by Crippen LogP contribution is 2.08. The molecule has 2 amide bonds. The fourth-order valence-corrected chi connectivity index (χ4v) is 2.57. The van der Waals surface area contributed by atoms with Crippen molar-refractivity contribution in [1.82, 2.24) is 15.1 Å². The molecule has 2 saturated heterocycles. The standard InChI is InChI=1S/C13H23N3O3/c1-11(17)15-4-2-5-16(7-6-15)13(18)9-12-10-19-8-3-14-12/h12,14H,2-10H2,1H3. The maximum Gasteiger partial charge on any atom is 0.224 e. The van der Waals surface area contributed by atoms with Crippen molar-refractivity contribution >= 4 is 11.8 Å². The molecule has 0 aliphatic carbocycles. The lowest BCUT2D eigenvalue weighted by Gasteiger charge is -2.27. The summed E-state index contributed by atoms with van der Waals surface area (Å²) in [5, 5.41) is 3.29. The summed E-state index contributed by atoms with van der Waals surface area (Å²) in [6.07, 6.45) is 1.35. The normalized spacial score (nSPS) is 25.0. The molecule has 2 heterocycles. The number of nitrogens with zero attached hydrogens (tertiary/aromatic N) is 2. The Kier molecular flexibility index (Phi) is 5.15. The third-order valence-corrected chi connectivity index (χ3v) is 3.71. The second-order valence-corrected chi connectivity index (χ2v) is 5.17. The Morgan fingerprint density at radius 3 is 2.63 bits per heavy atom. The molecular formula is C13H23N3O3. The molecule has 108 valence electrons. The molecule has 6 heteroatoms. The molecule has 19 heavy (non-hydrogen) atoms. The molecule has 2 rings (SSSR count). The van der Waals surface area contributed by atoms with Crippen LogP contribution in [-0.4, -0.2) is 73.6 Å². The first-order valence-electron chi connectivity index (χ1n) is 7.01. The van der Waals surface area contributed by atoms with Gasteiger partial charge in [0.2, 0.25) is 11.8 Å². The SMILES string of the molecule is CC(=O)N1CCCN(C(=O)CC2COCCN2)CC1. The van der Waals surface area contributed by atoms with E-state index in [1.165, 1.54) is 0 Å². The molecular weight excluding hydrogens is 246 g/mol. The molecule has 2 aliphatic rings. The number of hydrogen-bond acceptors (Lipinski definition) is 4. The van der Waals surface area contributed by atoms with E-state index in [0.29, 0.717) is 26.1 Å². The highest BCUT2D eigenvalue weighted by Gasteiger charge is 2.23. The topological polar surface area (TPSA) is 61.9 Å². The highest BCUT2D eigenvalue weighted by atomic mass is 16.5. The monoisotopic (exact) mass is 269 g/mol. The van der Waals surface area contributed by atoms with Crippen LogP contribution >= 0.6 is 0 Å². The van der Waals surface area contributed by atoms with Gasteiger partial charge in [-0.25, -0.2) is 0 Å². The van der Waals surface area contributed by atoms with Crippen LogP contribution in [0.5, 0.6) is 0 Å². The zero-order valence-corrected chi connectivity index (χ0v) is 11.6. The lowest BCUT2D eigenvalue weighted by atomic mass is 10.1. The van der Waals surface area contributed by atoms with E-state index in [1.54, 1.807) is 6.92 Å². The van der Waals surface area contributed by atoms with E-state index in [0.717, 1.165) is 32.7 Å². The predicted molar refractivity (Wildman–Crippen MR) is 70.7 cm³/mol. The summed E-state index contributed by atoms with van der Waals surface area (Å²) in [7, 11) is 0. The van der Waals surface area contributed by atoms with Gasteiger partial charge in [-0.05, 0) is 6.42 Å². The van der Waals surface area contributed by atoms with E-state index in [9.17, 15) is 9.59 Å². The molecule has 0 radical (unpaired) electrons. The molecule has 1 N–H and O–H groups in total. The minimum atomic E-state index is 0.0941. The maximum absolute atomic E-state index is 12.2. The van der Waals surface area contributed by atoms with Gasteiger partial charge in [0.1, 0.15) is 0 Å². The Bertz CT molecular complexity index is 329. The van der Waals surface area contributed by atoms with Crippen LogP contribution in [0.2, 0.25) is 0 Å². The lowest BCUT2D eigenvalue weighted by Crippen LogP contribution is -2.45. The fraction of sp³-hybridized carbons (Fsp3) is 0.846. The Balaban J connectivity index is 1.80. The number of nitrogens with one attached hydrogen (secondary N) is 1. The van der Waals surface area contributed by atoms with Gasteiger partial charge in [0.05, 0.1) is 13.2 Å². The number of carbonyl (C=O) groups excluding carboxylic acids is 2. The van der Waals surface area contributed by atoms with Gasteiger partial charge in [-0.3, -0.25) is 9.59 Å². The van der Waals surface area contributed by atoms with E-state index in [4.69, 9.17) is 4.74 Å². The van der Waals surface area contributed by atoms with Crippen molar-refractivity contribution in [1.29, 1.82) is 0 Å². The summed E-state index contributed by atoms with van der Waals surface area (Å²) in [4.78, 5) is 27.3. The molecule has 2 fully saturated rings. The summed E-state index contributed by atoms with van der Waals surface area (Å²) in [5.41, 5.74) is 0. The zero-order chi connectivity index (χ0) is 13.7. The molecule has 1 atom stereocenters. The maximum atomic E-state index is 12.2. The molecule has 1 unspecified atom stereocenters. The van der Waals surface area contributed by atoms with Crippen molar-refractivity contribution in [2.75, 3.05) is 45.9 Å². The second-order valence-electron chi connectivity index (χ2n) is 5.17. The molecule has 2 aliphatic heterocycles. The molecule has 6 nitrogen and oxygen atoms in total. The number of morpholine rings is 1. The fourth-order valence-electron chi connectivity index (χ4n) is 2.57. The summed E-state index contributed by atoms with van der Waals surface area (Å²) in [5.74, 6) is 0.255. The average molecular weight is 269 g/mol. The Morgan fingerprint density at radius 1 is 1.21 bits per heavy atom. The predicted octanol–water partition coefficient (Wildman–Crippen LogP) is -0.554. The Labute approximate surface area is 114 Å². The van der Waals surface area contributed by atoms with Crippen LogP contribution in [-0.2, 0) is 14.3 Å². The number of rotatable bonds is 2. The summed E-state index contributed by atoms with van der Waals surface area (Å²) in [6.45, 7) is 6.53. The number of amides is 2. The molecule has 0 aromatic heterocycles. The van der Waals surface area contributed by atoms with Gasteiger partial charge in [0.15, 0.2) is 0 Å². The first-order valence-corrected chi connectivity index (χ1v) is 7.01. The Morgan fingerprint density at radius 2 is 1.95 bits per heavy atom. The number of ether oxygens (including phenoxy) is 1. The summed E-state index contributed by atoms with van der Waals surface area (Å²) < 4.78 is 5.36. The van der Waals surface area contributed by atoms with Crippen molar-refractivity contribution < 1.29 is 14.3 Å². The van der Waals surface area contributed by atoms with E-state index in [2.05, 4.69) is 5.32 Å². The van der Waals surface area contributed by atoms with Crippen LogP contribution in [0.25, 0.3) is 0 Å². The van der Waals surface area contributed by atoms with Crippen LogP contribution in [0.4, 0.5) is 0 Å². The van der Waals surface area contributed by atoms with Crippen LogP contribution in [0.1, 0.15) is 19.8 Å². The minimum absolute atomic E-state index is 0.0941. The quantitative estimate of drug-likeness (QED) is 0.730. The van der Waals surface area contributed by atoms with Gasteiger partial charge >= 0.3 is 0 Å². The minimum Gasteiger partial charge on any atom is -0.378 e.